The van der Waals surface area contributed by atoms with Gasteiger partial charge in [-0.05, 0) is 37.2 Å². The molecule has 2 aliphatic heterocycles. The SMILES string of the molecule is CC1Cc2c(N=c3sc(=O)n4n3CCCC4)c(F)cc(Cl)c2O1. The second kappa shape index (κ2) is 5.49. The molecule has 1 aromatic carbocycles. The molecule has 2 aliphatic rings. The predicted octanol–water partition coefficient (Wildman–Crippen LogP) is 2.85. The van der Waals surface area contributed by atoms with Gasteiger partial charge in [-0.3, -0.25) is 9.48 Å². The molecule has 122 valence electrons. The molecule has 0 amide bonds. The van der Waals surface area contributed by atoms with Crippen molar-refractivity contribution in [1.82, 2.24) is 9.36 Å². The van der Waals surface area contributed by atoms with Crippen LogP contribution >= 0.6 is 22.9 Å². The molecule has 0 fully saturated rings. The van der Waals surface area contributed by atoms with E-state index in [1.165, 1.54) is 6.07 Å². The maximum Gasteiger partial charge on any atom is 0.325 e. The first-order valence-electron chi connectivity index (χ1n) is 7.57. The van der Waals surface area contributed by atoms with Gasteiger partial charge in [0.1, 0.15) is 17.5 Å². The number of fused-ring (bicyclic) bond motifs is 2. The summed E-state index contributed by atoms with van der Waals surface area (Å²) in [6.07, 6.45) is 2.46. The standard InChI is InChI=1S/C15H15ClFN3O2S/c1-8-6-9-12(11(17)7-10(16)13(9)22-8)18-14-19-4-2-3-5-20(19)15(21)23-14/h7-8H,2-6H2,1H3. The van der Waals surface area contributed by atoms with Crippen LogP contribution in [0.25, 0.3) is 0 Å². The highest BCUT2D eigenvalue weighted by Crippen LogP contribution is 2.43. The van der Waals surface area contributed by atoms with Crippen molar-refractivity contribution < 1.29 is 9.13 Å². The minimum atomic E-state index is -0.484. The number of rotatable bonds is 1. The monoisotopic (exact) mass is 355 g/mol. The minimum Gasteiger partial charge on any atom is -0.488 e. The van der Waals surface area contributed by atoms with Crippen molar-refractivity contribution in [3.05, 3.63) is 36.9 Å². The summed E-state index contributed by atoms with van der Waals surface area (Å²) in [7, 11) is 0. The number of benzene rings is 1. The number of ether oxygens (including phenoxy) is 1. The summed E-state index contributed by atoms with van der Waals surface area (Å²) < 4.78 is 23.6. The van der Waals surface area contributed by atoms with E-state index in [1.54, 1.807) is 4.68 Å². The molecule has 8 heteroatoms. The van der Waals surface area contributed by atoms with Crippen molar-refractivity contribution in [3.63, 3.8) is 0 Å². The highest BCUT2D eigenvalue weighted by Gasteiger charge is 2.27. The maximum atomic E-state index is 14.4. The topological polar surface area (TPSA) is 48.5 Å². The zero-order valence-corrected chi connectivity index (χ0v) is 14.1. The zero-order valence-electron chi connectivity index (χ0n) is 12.5. The zero-order chi connectivity index (χ0) is 16.1. The van der Waals surface area contributed by atoms with Gasteiger partial charge in [-0.25, -0.2) is 14.1 Å². The lowest BCUT2D eigenvalue weighted by Crippen LogP contribution is -2.31. The van der Waals surface area contributed by atoms with E-state index in [4.69, 9.17) is 16.3 Å². The van der Waals surface area contributed by atoms with Gasteiger partial charge in [0.05, 0.1) is 5.02 Å². The fraction of sp³-hybridized carbons (Fsp3) is 0.467. The molecule has 0 aliphatic carbocycles. The number of aromatic nitrogens is 2. The third kappa shape index (κ3) is 2.42. The van der Waals surface area contributed by atoms with Gasteiger partial charge in [0.25, 0.3) is 0 Å². The van der Waals surface area contributed by atoms with Gasteiger partial charge < -0.3 is 4.74 Å². The molecule has 23 heavy (non-hydrogen) atoms. The van der Waals surface area contributed by atoms with E-state index in [1.807, 2.05) is 11.6 Å². The molecule has 0 N–H and O–H groups in total. The molecule has 0 spiro atoms. The summed E-state index contributed by atoms with van der Waals surface area (Å²) in [6, 6.07) is 1.23. The fourth-order valence-corrected chi connectivity index (χ4v) is 4.26. The Morgan fingerprint density at radius 2 is 2.13 bits per heavy atom. The van der Waals surface area contributed by atoms with Crippen LogP contribution in [0.3, 0.4) is 0 Å². The molecule has 1 aromatic heterocycles. The lowest BCUT2D eigenvalue weighted by Gasteiger charge is -2.15. The summed E-state index contributed by atoms with van der Waals surface area (Å²) in [5, 5.41) is 0.264. The van der Waals surface area contributed by atoms with Crippen LogP contribution in [-0.2, 0) is 19.5 Å². The molecular formula is C15H15ClFN3O2S. The predicted molar refractivity (Wildman–Crippen MR) is 86.2 cm³/mol. The molecule has 0 radical (unpaired) electrons. The average Bonchev–Trinajstić information content (AvgIpc) is 3.05. The van der Waals surface area contributed by atoms with Gasteiger partial charge >= 0.3 is 4.87 Å². The van der Waals surface area contributed by atoms with Crippen LogP contribution in [0.5, 0.6) is 5.75 Å². The number of nitrogens with zero attached hydrogens (tertiary/aromatic N) is 3. The van der Waals surface area contributed by atoms with Crippen LogP contribution < -0.4 is 14.4 Å². The number of hydrogen-bond donors (Lipinski definition) is 0. The average molecular weight is 356 g/mol. The van der Waals surface area contributed by atoms with Gasteiger partial charge in [-0.1, -0.05) is 11.6 Å². The molecule has 3 heterocycles. The first-order valence-corrected chi connectivity index (χ1v) is 8.77. The van der Waals surface area contributed by atoms with E-state index < -0.39 is 5.82 Å². The fourth-order valence-electron chi connectivity index (χ4n) is 3.12. The van der Waals surface area contributed by atoms with Crippen molar-refractivity contribution >= 4 is 28.6 Å². The molecular weight excluding hydrogens is 341 g/mol. The van der Waals surface area contributed by atoms with Crippen LogP contribution in [0.1, 0.15) is 25.3 Å². The smallest absolute Gasteiger partial charge is 0.325 e. The Labute approximate surface area is 140 Å². The van der Waals surface area contributed by atoms with Crippen molar-refractivity contribution in [2.45, 2.75) is 45.4 Å². The summed E-state index contributed by atoms with van der Waals surface area (Å²) in [5.74, 6) is 0.0206. The van der Waals surface area contributed by atoms with E-state index in [0.717, 1.165) is 30.7 Å². The summed E-state index contributed by atoms with van der Waals surface area (Å²) >= 11 is 7.12. The third-order valence-corrected chi connectivity index (χ3v) is 5.32. The molecule has 0 bridgehead atoms. The van der Waals surface area contributed by atoms with E-state index in [2.05, 4.69) is 4.99 Å². The summed E-state index contributed by atoms with van der Waals surface area (Å²) in [4.78, 5) is 17.0. The van der Waals surface area contributed by atoms with Crippen molar-refractivity contribution in [3.8, 4) is 5.75 Å². The summed E-state index contributed by atoms with van der Waals surface area (Å²) in [6.45, 7) is 3.32. The first-order chi connectivity index (χ1) is 11.0. The van der Waals surface area contributed by atoms with Gasteiger partial charge in [-0.2, -0.15) is 0 Å². The highest BCUT2D eigenvalue weighted by molar-refractivity contribution is 7.06. The van der Waals surface area contributed by atoms with E-state index in [9.17, 15) is 9.18 Å². The van der Waals surface area contributed by atoms with Gasteiger partial charge in [-0.15, -0.1) is 0 Å². The second-order valence-electron chi connectivity index (χ2n) is 5.84. The molecule has 4 rings (SSSR count). The summed E-state index contributed by atoms with van der Waals surface area (Å²) in [5.41, 5.74) is 0.912. The third-order valence-electron chi connectivity index (χ3n) is 4.17. The van der Waals surface area contributed by atoms with Crippen LogP contribution in [0.15, 0.2) is 15.9 Å². The quantitative estimate of drug-likeness (QED) is 0.789. The molecule has 0 saturated heterocycles. The molecule has 0 saturated carbocycles. The Kier molecular flexibility index (Phi) is 3.57. The lowest BCUT2D eigenvalue weighted by atomic mass is 10.1. The Bertz CT molecular complexity index is 915. The van der Waals surface area contributed by atoms with Crippen LogP contribution in [0.4, 0.5) is 10.1 Å². The van der Waals surface area contributed by atoms with Crippen molar-refractivity contribution in [2.75, 3.05) is 0 Å². The highest BCUT2D eigenvalue weighted by atomic mass is 35.5. The van der Waals surface area contributed by atoms with Crippen molar-refractivity contribution in [2.24, 2.45) is 4.99 Å². The Morgan fingerprint density at radius 3 is 2.91 bits per heavy atom. The first kappa shape index (κ1) is 15.0. The van der Waals surface area contributed by atoms with E-state index in [0.29, 0.717) is 29.1 Å². The lowest BCUT2D eigenvalue weighted by molar-refractivity contribution is 0.255. The largest absolute Gasteiger partial charge is 0.488 e. The van der Waals surface area contributed by atoms with Crippen LogP contribution in [-0.4, -0.2) is 15.5 Å². The number of halogens is 2. The van der Waals surface area contributed by atoms with Gasteiger partial charge in [0.2, 0.25) is 4.80 Å². The van der Waals surface area contributed by atoms with E-state index in [-0.39, 0.29) is 21.7 Å². The van der Waals surface area contributed by atoms with Gasteiger partial charge in [0.15, 0.2) is 5.82 Å². The van der Waals surface area contributed by atoms with Gasteiger partial charge in [0, 0.05) is 25.1 Å². The molecule has 1 atom stereocenters. The van der Waals surface area contributed by atoms with Crippen LogP contribution in [0, 0.1) is 5.82 Å². The molecule has 5 nitrogen and oxygen atoms in total. The van der Waals surface area contributed by atoms with Crippen molar-refractivity contribution in [1.29, 1.82) is 0 Å². The minimum absolute atomic E-state index is 0.0564. The number of hydrogen-bond acceptors (Lipinski definition) is 4. The Balaban J connectivity index is 1.94. The van der Waals surface area contributed by atoms with Crippen LogP contribution in [0.2, 0.25) is 5.02 Å². The molecule has 1 unspecified atom stereocenters. The maximum absolute atomic E-state index is 14.4. The van der Waals surface area contributed by atoms with E-state index >= 15 is 0 Å². The second-order valence-corrected chi connectivity index (χ2v) is 7.17. The normalized spacial score (nSPS) is 20.3. The Hall–Kier alpha value is -1.60. The molecule has 2 aromatic rings. The Morgan fingerprint density at radius 1 is 1.39 bits per heavy atom.